The highest BCUT2D eigenvalue weighted by Crippen LogP contribution is 2.25. The van der Waals surface area contributed by atoms with Gasteiger partial charge in [0.25, 0.3) is 0 Å². The molecule has 3 N–H and O–H groups in total. The first-order valence-electron chi connectivity index (χ1n) is 10.3. The third-order valence-corrected chi connectivity index (χ3v) is 6.83. The summed E-state index contributed by atoms with van der Waals surface area (Å²) in [5, 5.41) is 4.25. The summed E-state index contributed by atoms with van der Waals surface area (Å²) in [6.07, 6.45) is 1.75. The number of aromatic amines is 1. The molecule has 32 heavy (non-hydrogen) atoms. The Hall–Kier alpha value is -3.26. The second-order valence-corrected chi connectivity index (χ2v) is 9.50. The first-order chi connectivity index (χ1) is 15.5. The van der Waals surface area contributed by atoms with Gasteiger partial charge in [-0.1, -0.05) is 72.8 Å². The molecule has 1 atom stereocenters. The van der Waals surface area contributed by atoms with E-state index in [-0.39, 0.29) is 11.5 Å². The number of fused-ring (bicyclic) bond motifs is 1. The zero-order chi connectivity index (χ0) is 22.6. The van der Waals surface area contributed by atoms with Crippen LogP contribution < -0.4 is 10.0 Å². The molecule has 0 saturated carbocycles. The van der Waals surface area contributed by atoms with Gasteiger partial charge in [-0.3, -0.25) is 10.1 Å². The Balaban J connectivity index is 1.64. The Bertz CT molecular complexity index is 1330. The molecule has 0 spiro atoms. The third-order valence-electron chi connectivity index (χ3n) is 5.52. The van der Waals surface area contributed by atoms with E-state index < -0.39 is 16.1 Å². The van der Waals surface area contributed by atoms with Gasteiger partial charge in [-0.05, 0) is 29.8 Å². The number of para-hydroxylation sites is 1. The molecule has 3 aromatic carbocycles. The number of hydrogen-bond acceptors (Lipinski definition) is 4. The maximum absolute atomic E-state index is 13.6. The van der Waals surface area contributed by atoms with Crippen molar-refractivity contribution in [2.75, 3.05) is 7.05 Å². The van der Waals surface area contributed by atoms with E-state index in [1.807, 2.05) is 72.8 Å². The highest BCUT2D eigenvalue weighted by atomic mass is 32.2. The van der Waals surface area contributed by atoms with E-state index in [0.29, 0.717) is 17.7 Å². The molecular weight excluding hydrogens is 422 g/mol. The monoisotopic (exact) mass is 447 g/mol. The van der Waals surface area contributed by atoms with Crippen LogP contribution in [-0.4, -0.2) is 26.2 Å². The average molecular weight is 448 g/mol. The van der Waals surface area contributed by atoms with Gasteiger partial charge in [0.2, 0.25) is 10.0 Å². The number of aromatic nitrogens is 1. The minimum absolute atomic E-state index is 0.0472. The molecule has 7 heteroatoms. The summed E-state index contributed by atoms with van der Waals surface area (Å²) < 4.78 is 26.5. The summed E-state index contributed by atoms with van der Waals surface area (Å²) in [4.78, 5) is 16.8. The molecule has 164 valence electrons. The molecular formula is C25H25N3O3S. The standard InChI is InChI=1S/C25H25N3O3S/c1-26-32(30,31)17-20-12-6-5-11-19(20)15-28-24(18-9-3-2-4-10-18)25(29)22-16-27-23-14-8-7-13-21(22)23/h2-14,16,24,26-28H,15,17H2,1H3. The SMILES string of the molecule is CNS(=O)(=O)Cc1ccccc1CNC(C(=O)c1c[nH]c2ccccc12)c1ccccc1. The first-order valence-corrected chi connectivity index (χ1v) is 12.0. The second-order valence-electron chi connectivity index (χ2n) is 7.57. The van der Waals surface area contributed by atoms with Crippen LogP contribution >= 0.6 is 0 Å². The van der Waals surface area contributed by atoms with Gasteiger partial charge in [-0.2, -0.15) is 0 Å². The largest absolute Gasteiger partial charge is 0.360 e. The van der Waals surface area contributed by atoms with Gasteiger partial charge < -0.3 is 4.98 Å². The molecule has 0 aliphatic rings. The van der Waals surface area contributed by atoms with Crippen molar-refractivity contribution in [1.29, 1.82) is 0 Å². The molecule has 0 aliphatic carbocycles. The molecule has 0 radical (unpaired) electrons. The number of carbonyl (C=O) groups is 1. The molecule has 0 bridgehead atoms. The van der Waals surface area contributed by atoms with Crippen LogP contribution in [0.25, 0.3) is 10.9 Å². The van der Waals surface area contributed by atoms with E-state index in [1.165, 1.54) is 7.05 Å². The van der Waals surface area contributed by atoms with E-state index in [4.69, 9.17) is 0 Å². The fraction of sp³-hybridized carbons (Fsp3) is 0.160. The number of hydrogen-bond donors (Lipinski definition) is 3. The van der Waals surface area contributed by atoms with Crippen molar-refractivity contribution in [2.45, 2.75) is 18.3 Å². The molecule has 4 rings (SSSR count). The molecule has 0 aliphatic heterocycles. The second kappa shape index (κ2) is 9.48. The van der Waals surface area contributed by atoms with Gasteiger partial charge in [0.1, 0.15) is 0 Å². The van der Waals surface area contributed by atoms with Crippen LogP contribution in [0.2, 0.25) is 0 Å². The fourth-order valence-electron chi connectivity index (χ4n) is 3.80. The highest BCUT2D eigenvalue weighted by molar-refractivity contribution is 7.88. The lowest BCUT2D eigenvalue weighted by Crippen LogP contribution is -2.29. The quantitative estimate of drug-likeness (QED) is 0.339. The number of carbonyl (C=O) groups excluding carboxylic acids is 1. The van der Waals surface area contributed by atoms with Crippen LogP contribution in [0.1, 0.15) is 33.1 Å². The van der Waals surface area contributed by atoms with Crippen molar-refractivity contribution in [3.63, 3.8) is 0 Å². The Kier molecular flexibility index (Phi) is 6.50. The van der Waals surface area contributed by atoms with Gasteiger partial charge in [0, 0.05) is 29.2 Å². The lowest BCUT2D eigenvalue weighted by atomic mass is 9.96. The summed E-state index contributed by atoms with van der Waals surface area (Å²) in [7, 11) is -2.01. The van der Waals surface area contributed by atoms with E-state index in [9.17, 15) is 13.2 Å². The first kappa shape index (κ1) is 22.0. The zero-order valence-corrected chi connectivity index (χ0v) is 18.5. The topological polar surface area (TPSA) is 91.1 Å². The number of ketones is 1. The molecule has 1 aromatic heterocycles. The fourth-order valence-corrected chi connectivity index (χ4v) is 4.63. The maximum Gasteiger partial charge on any atom is 0.215 e. The normalized spacial score (nSPS) is 12.7. The Labute approximate surface area is 187 Å². The van der Waals surface area contributed by atoms with Crippen molar-refractivity contribution in [1.82, 2.24) is 15.0 Å². The Morgan fingerprint density at radius 2 is 1.56 bits per heavy atom. The van der Waals surface area contributed by atoms with Crippen molar-refractivity contribution < 1.29 is 13.2 Å². The maximum atomic E-state index is 13.6. The van der Waals surface area contributed by atoms with Gasteiger partial charge in [0.15, 0.2) is 5.78 Å². The zero-order valence-electron chi connectivity index (χ0n) is 17.7. The Morgan fingerprint density at radius 1 is 0.906 bits per heavy atom. The summed E-state index contributed by atoms with van der Waals surface area (Å²) in [5.41, 5.74) is 3.90. The van der Waals surface area contributed by atoms with Crippen LogP contribution in [0.5, 0.6) is 0 Å². The molecule has 0 amide bonds. The van der Waals surface area contributed by atoms with Crippen LogP contribution in [0.4, 0.5) is 0 Å². The van der Waals surface area contributed by atoms with Gasteiger partial charge in [0.05, 0.1) is 11.8 Å². The molecule has 0 saturated heterocycles. The van der Waals surface area contributed by atoms with Gasteiger partial charge in [-0.25, -0.2) is 13.1 Å². The lowest BCUT2D eigenvalue weighted by molar-refractivity contribution is 0.0943. The van der Waals surface area contributed by atoms with Crippen LogP contribution in [0, 0.1) is 0 Å². The molecule has 4 aromatic rings. The predicted octanol–water partition coefficient (Wildman–Crippen LogP) is 3.93. The van der Waals surface area contributed by atoms with Crippen molar-refractivity contribution in [2.24, 2.45) is 0 Å². The van der Waals surface area contributed by atoms with Gasteiger partial charge >= 0.3 is 0 Å². The van der Waals surface area contributed by atoms with Crippen molar-refractivity contribution in [3.05, 3.63) is 107 Å². The molecule has 1 unspecified atom stereocenters. The van der Waals surface area contributed by atoms with E-state index in [0.717, 1.165) is 22.0 Å². The summed E-state index contributed by atoms with van der Waals surface area (Å²) in [5.74, 6) is -0.165. The van der Waals surface area contributed by atoms with Crippen molar-refractivity contribution >= 4 is 26.7 Å². The van der Waals surface area contributed by atoms with E-state index in [2.05, 4.69) is 15.0 Å². The van der Waals surface area contributed by atoms with Gasteiger partial charge in [-0.15, -0.1) is 0 Å². The number of rotatable bonds is 9. The number of sulfonamides is 1. The van der Waals surface area contributed by atoms with Crippen molar-refractivity contribution in [3.8, 4) is 0 Å². The van der Waals surface area contributed by atoms with Crippen LogP contribution in [-0.2, 0) is 22.3 Å². The smallest absolute Gasteiger partial charge is 0.215 e. The average Bonchev–Trinajstić information content (AvgIpc) is 3.25. The minimum Gasteiger partial charge on any atom is -0.360 e. The minimum atomic E-state index is -3.41. The molecule has 0 fully saturated rings. The lowest BCUT2D eigenvalue weighted by Gasteiger charge is -2.19. The summed E-state index contributed by atoms with van der Waals surface area (Å²) >= 11 is 0. The third kappa shape index (κ3) is 4.80. The van der Waals surface area contributed by atoms with E-state index >= 15 is 0 Å². The number of benzene rings is 3. The van der Waals surface area contributed by atoms with E-state index in [1.54, 1.807) is 12.3 Å². The molecule has 1 heterocycles. The van der Waals surface area contributed by atoms with Crippen LogP contribution in [0.3, 0.4) is 0 Å². The van der Waals surface area contributed by atoms with Crippen LogP contribution in [0.15, 0.2) is 85.1 Å². The molecule has 6 nitrogen and oxygen atoms in total. The highest BCUT2D eigenvalue weighted by Gasteiger charge is 2.24. The predicted molar refractivity (Wildman–Crippen MR) is 127 cm³/mol. The number of nitrogens with one attached hydrogen (secondary N) is 3. The Morgan fingerprint density at radius 3 is 2.31 bits per heavy atom. The summed E-state index contributed by atoms with van der Waals surface area (Å²) in [6.45, 7) is 0.350. The summed E-state index contributed by atoms with van der Waals surface area (Å²) in [6, 6.07) is 24.0. The number of Topliss-reactive ketones (excluding diaryl/α,β-unsaturated/α-hetero) is 1. The number of H-pyrrole nitrogens is 1.